The van der Waals surface area contributed by atoms with E-state index in [4.69, 9.17) is 9.47 Å². The number of carbonyl (C=O) groups is 2. The van der Waals surface area contributed by atoms with Crippen molar-refractivity contribution in [2.24, 2.45) is 0 Å². The van der Waals surface area contributed by atoms with Crippen LogP contribution in [0.1, 0.15) is 23.2 Å². The minimum absolute atomic E-state index is 0.137. The Kier molecular flexibility index (Phi) is 5.07. The van der Waals surface area contributed by atoms with E-state index in [1.54, 1.807) is 0 Å². The molecule has 1 heterocycles. The number of rotatable bonds is 3. The molecule has 0 unspecified atom stereocenters. The van der Waals surface area contributed by atoms with Crippen molar-refractivity contribution in [3.05, 3.63) is 35.4 Å². The summed E-state index contributed by atoms with van der Waals surface area (Å²) in [5.74, 6) is -2.87. The molecule has 0 N–H and O–H groups in total. The molecule has 5 nitrogen and oxygen atoms in total. The van der Waals surface area contributed by atoms with E-state index in [9.17, 15) is 18.4 Å². The molecule has 1 aliphatic heterocycles. The van der Waals surface area contributed by atoms with E-state index in [1.165, 1.54) is 19.1 Å². The molecule has 1 aromatic carbocycles. The number of likely N-dealkylation sites (tertiary alicyclic amines) is 1. The summed E-state index contributed by atoms with van der Waals surface area (Å²) in [4.78, 5) is 25.6. The van der Waals surface area contributed by atoms with Gasteiger partial charge in [-0.3, -0.25) is 4.79 Å². The van der Waals surface area contributed by atoms with Gasteiger partial charge in [-0.05, 0) is 18.6 Å². The van der Waals surface area contributed by atoms with Crippen molar-refractivity contribution in [2.75, 3.05) is 20.8 Å². The molecule has 2 rings (SSSR count). The van der Waals surface area contributed by atoms with Gasteiger partial charge < -0.3 is 14.4 Å². The van der Waals surface area contributed by atoms with Crippen LogP contribution < -0.4 is 0 Å². The van der Waals surface area contributed by atoms with Crippen molar-refractivity contribution in [1.29, 1.82) is 0 Å². The molecule has 1 fully saturated rings. The standard InChI is InChI=1S/C15H17F2NO4/c1-21-12-3-4-18(13(8-12)15(20)22-2)14(19)9-5-10(16)7-11(17)6-9/h5-7,12-13H,3-4,8H2,1-2H3/t12-,13-/m0/s1. The maximum absolute atomic E-state index is 13.3. The van der Waals surface area contributed by atoms with E-state index in [0.29, 0.717) is 12.5 Å². The van der Waals surface area contributed by atoms with Crippen molar-refractivity contribution in [3.8, 4) is 0 Å². The number of amides is 1. The van der Waals surface area contributed by atoms with Crippen LogP contribution in [0.3, 0.4) is 0 Å². The van der Waals surface area contributed by atoms with Crippen LogP contribution in [0.5, 0.6) is 0 Å². The molecule has 0 aliphatic carbocycles. The van der Waals surface area contributed by atoms with Gasteiger partial charge >= 0.3 is 5.97 Å². The Hall–Kier alpha value is -2.02. The maximum Gasteiger partial charge on any atom is 0.328 e. The van der Waals surface area contributed by atoms with E-state index in [2.05, 4.69) is 0 Å². The predicted octanol–water partition coefficient (Wildman–Crippen LogP) is 1.76. The molecular weight excluding hydrogens is 296 g/mol. The highest BCUT2D eigenvalue weighted by Gasteiger charge is 2.37. The van der Waals surface area contributed by atoms with Crippen LogP contribution in [-0.2, 0) is 14.3 Å². The minimum atomic E-state index is -0.843. The van der Waals surface area contributed by atoms with Gasteiger partial charge in [-0.2, -0.15) is 0 Å². The predicted molar refractivity (Wildman–Crippen MR) is 73.2 cm³/mol. The molecule has 1 amide bonds. The van der Waals surface area contributed by atoms with Crippen LogP contribution >= 0.6 is 0 Å². The van der Waals surface area contributed by atoms with Crippen LogP contribution in [0.2, 0.25) is 0 Å². The summed E-state index contributed by atoms with van der Waals surface area (Å²) >= 11 is 0. The highest BCUT2D eigenvalue weighted by molar-refractivity contribution is 5.97. The number of hydrogen-bond donors (Lipinski definition) is 0. The molecule has 0 radical (unpaired) electrons. The average molecular weight is 313 g/mol. The van der Waals surface area contributed by atoms with Crippen LogP contribution in [-0.4, -0.2) is 49.7 Å². The summed E-state index contributed by atoms with van der Waals surface area (Å²) in [5.41, 5.74) is -0.137. The zero-order valence-corrected chi connectivity index (χ0v) is 12.3. The molecule has 0 saturated carbocycles. The van der Waals surface area contributed by atoms with Gasteiger partial charge in [0.15, 0.2) is 0 Å². The highest BCUT2D eigenvalue weighted by Crippen LogP contribution is 2.23. The van der Waals surface area contributed by atoms with Gasteiger partial charge in [0.2, 0.25) is 0 Å². The van der Waals surface area contributed by atoms with Gasteiger partial charge in [0.05, 0.1) is 13.2 Å². The Morgan fingerprint density at radius 3 is 2.36 bits per heavy atom. The summed E-state index contributed by atoms with van der Waals surface area (Å²) < 4.78 is 36.5. The number of nitrogens with zero attached hydrogens (tertiary/aromatic N) is 1. The summed E-state index contributed by atoms with van der Waals surface area (Å²) in [6, 6.07) is 1.75. The lowest BCUT2D eigenvalue weighted by atomic mass is 9.98. The Balaban J connectivity index is 2.27. The first-order valence-electron chi connectivity index (χ1n) is 6.84. The quantitative estimate of drug-likeness (QED) is 0.798. The van der Waals surface area contributed by atoms with Crippen molar-refractivity contribution < 1.29 is 27.8 Å². The monoisotopic (exact) mass is 313 g/mol. The van der Waals surface area contributed by atoms with Gasteiger partial charge in [0.1, 0.15) is 17.7 Å². The highest BCUT2D eigenvalue weighted by atomic mass is 19.1. The van der Waals surface area contributed by atoms with Gasteiger partial charge in [0.25, 0.3) is 5.91 Å². The lowest BCUT2D eigenvalue weighted by Crippen LogP contribution is -2.52. The van der Waals surface area contributed by atoms with Crippen LogP contribution in [0.15, 0.2) is 18.2 Å². The smallest absolute Gasteiger partial charge is 0.328 e. The van der Waals surface area contributed by atoms with Gasteiger partial charge in [0, 0.05) is 31.7 Å². The van der Waals surface area contributed by atoms with Crippen LogP contribution in [0, 0.1) is 11.6 Å². The molecule has 0 aromatic heterocycles. The van der Waals surface area contributed by atoms with E-state index in [0.717, 1.165) is 12.1 Å². The summed E-state index contributed by atoms with van der Waals surface area (Å²) in [6.45, 7) is 0.245. The molecule has 0 spiro atoms. The van der Waals surface area contributed by atoms with E-state index in [1.807, 2.05) is 0 Å². The van der Waals surface area contributed by atoms with Crippen molar-refractivity contribution in [2.45, 2.75) is 25.0 Å². The number of halogens is 2. The maximum atomic E-state index is 13.3. The molecule has 1 aliphatic rings. The fraction of sp³-hybridized carbons (Fsp3) is 0.467. The van der Waals surface area contributed by atoms with Crippen LogP contribution in [0.25, 0.3) is 0 Å². The zero-order valence-electron chi connectivity index (χ0n) is 12.3. The fourth-order valence-electron chi connectivity index (χ4n) is 2.59. The molecule has 2 atom stereocenters. The lowest BCUT2D eigenvalue weighted by molar-refractivity contribution is -0.149. The second kappa shape index (κ2) is 6.83. The SMILES string of the molecule is COC(=O)[C@@H]1C[C@@H](OC)CCN1C(=O)c1cc(F)cc(F)c1. The first-order chi connectivity index (χ1) is 10.5. The topological polar surface area (TPSA) is 55.8 Å². The second-order valence-corrected chi connectivity index (χ2v) is 5.08. The number of ether oxygens (including phenoxy) is 2. The summed E-state index contributed by atoms with van der Waals surface area (Å²) in [5, 5.41) is 0. The van der Waals surface area contributed by atoms with E-state index in [-0.39, 0.29) is 24.6 Å². The molecule has 7 heteroatoms. The second-order valence-electron chi connectivity index (χ2n) is 5.08. The number of methoxy groups -OCH3 is 2. The van der Waals surface area contributed by atoms with Crippen molar-refractivity contribution in [3.63, 3.8) is 0 Å². The molecule has 120 valence electrons. The van der Waals surface area contributed by atoms with E-state index >= 15 is 0 Å². The van der Waals surface area contributed by atoms with Gasteiger partial charge in [-0.1, -0.05) is 0 Å². The lowest BCUT2D eigenvalue weighted by Gasteiger charge is -2.37. The first kappa shape index (κ1) is 16.4. The number of piperidine rings is 1. The molecular formula is C15H17F2NO4. The van der Waals surface area contributed by atoms with Gasteiger partial charge in [-0.15, -0.1) is 0 Å². The Bertz CT molecular complexity index is 558. The molecule has 1 saturated heterocycles. The number of hydrogen-bond acceptors (Lipinski definition) is 4. The van der Waals surface area contributed by atoms with E-state index < -0.39 is 29.6 Å². The Labute approximate surface area is 126 Å². The van der Waals surface area contributed by atoms with Crippen molar-refractivity contribution in [1.82, 2.24) is 4.90 Å². The molecule has 1 aromatic rings. The zero-order chi connectivity index (χ0) is 16.3. The Morgan fingerprint density at radius 2 is 1.82 bits per heavy atom. The third kappa shape index (κ3) is 3.41. The minimum Gasteiger partial charge on any atom is -0.467 e. The molecule has 0 bridgehead atoms. The average Bonchev–Trinajstić information content (AvgIpc) is 2.51. The van der Waals surface area contributed by atoms with Crippen LogP contribution in [0.4, 0.5) is 8.78 Å². The number of benzene rings is 1. The third-order valence-electron chi connectivity index (χ3n) is 3.73. The number of esters is 1. The van der Waals surface area contributed by atoms with Gasteiger partial charge in [-0.25, -0.2) is 13.6 Å². The molecule has 22 heavy (non-hydrogen) atoms. The third-order valence-corrected chi connectivity index (χ3v) is 3.73. The summed E-state index contributed by atoms with van der Waals surface area (Å²) in [6.07, 6.45) is 0.651. The largest absolute Gasteiger partial charge is 0.467 e. The first-order valence-corrected chi connectivity index (χ1v) is 6.84. The normalized spacial score (nSPS) is 21.5. The fourth-order valence-corrected chi connectivity index (χ4v) is 2.59. The summed E-state index contributed by atoms with van der Waals surface area (Å²) in [7, 11) is 2.75. The Morgan fingerprint density at radius 1 is 1.18 bits per heavy atom. The van der Waals surface area contributed by atoms with Crippen molar-refractivity contribution >= 4 is 11.9 Å². The number of carbonyl (C=O) groups excluding carboxylic acids is 2.